The van der Waals surface area contributed by atoms with Crippen molar-refractivity contribution in [3.05, 3.63) is 77.2 Å². The first-order valence-corrected chi connectivity index (χ1v) is 10.1. The summed E-state index contributed by atoms with van der Waals surface area (Å²) in [6.45, 7) is 7.74. The van der Waals surface area contributed by atoms with Crippen LogP contribution in [-0.2, 0) is 24.5 Å². The summed E-state index contributed by atoms with van der Waals surface area (Å²) in [5.74, 6) is -0.159. The van der Waals surface area contributed by atoms with Gasteiger partial charge in [-0.2, -0.15) is 0 Å². The van der Waals surface area contributed by atoms with Crippen molar-refractivity contribution in [1.82, 2.24) is 9.55 Å². The molecular formula is C22H24F2N2OS. The summed E-state index contributed by atoms with van der Waals surface area (Å²) >= 11 is 1.34. The molecule has 0 unspecified atom stereocenters. The molecule has 0 saturated heterocycles. The van der Waals surface area contributed by atoms with Crippen LogP contribution in [-0.4, -0.2) is 9.55 Å². The van der Waals surface area contributed by atoms with Gasteiger partial charge in [0.2, 0.25) is 0 Å². The number of rotatable bonds is 8. The number of hydrogen-bond acceptors (Lipinski definition) is 3. The molecule has 0 N–H and O–H groups in total. The van der Waals surface area contributed by atoms with E-state index in [0.717, 1.165) is 28.2 Å². The van der Waals surface area contributed by atoms with E-state index in [4.69, 9.17) is 9.72 Å². The topological polar surface area (TPSA) is 27.1 Å². The zero-order chi connectivity index (χ0) is 20.1. The maximum absolute atomic E-state index is 13.6. The Balaban J connectivity index is 1.84. The van der Waals surface area contributed by atoms with Crippen LogP contribution in [0.2, 0.25) is 0 Å². The van der Waals surface area contributed by atoms with E-state index in [-0.39, 0.29) is 5.92 Å². The quantitative estimate of drug-likeness (QED) is 0.451. The molecule has 0 saturated carbocycles. The summed E-state index contributed by atoms with van der Waals surface area (Å²) in [5.41, 5.74) is 2.01. The van der Waals surface area contributed by atoms with Crippen LogP contribution in [0.25, 0.3) is 0 Å². The standard InChI is InChI=1S/C22H24F2N2OS/c1-4-26-20(14-27-13-16-8-6-5-7-9-16)25-21(15(2)3)22(26)28-19-11-17(23)10-18(24)12-19/h5-12,15H,4,13-14H2,1-3H3. The number of halogens is 2. The smallest absolute Gasteiger partial charge is 0.136 e. The van der Waals surface area contributed by atoms with E-state index >= 15 is 0 Å². The fourth-order valence-corrected chi connectivity index (χ4v) is 4.25. The number of benzene rings is 2. The summed E-state index contributed by atoms with van der Waals surface area (Å²) in [4.78, 5) is 5.30. The molecule has 28 heavy (non-hydrogen) atoms. The third kappa shape index (κ3) is 5.00. The van der Waals surface area contributed by atoms with Crippen molar-refractivity contribution >= 4 is 11.8 Å². The Hall–Kier alpha value is -2.18. The highest BCUT2D eigenvalue weighted by Crippen LogP contribution is 2.35. The molecule has 0 amide bonds. The summed E-state index contributed by atoms with van der Waals surface area (Å²) in [6.07, 6.45) is 0. The summed E-state index contributed by atoms with van der Waals surface area (Å²) in [6, 6.07) is 13.5. The van der Waals surface area contributed by atoms with Gasteiger partial charge in [-0.1, -0.05) is 55.9 Å². The molecule has 3 nitrogen and oxygen atoms in total. The molecule has 0 aliphatic heterocycles. The van der Waals surface area contributed by atoms with Crippen molar-refractivity contribution in [1.29, 1.82) is 0 Å². The summed E-state index contributed by atoms with van der Waals surface area (Å²) < 4.78 is 35.2. The fraction of sp³-hybridized carbons (Fsp3) is 0.318. The van der Waals surface area contributed by atoms with Gasteiger partial charge in [0.1, 0.15) is 29.1 Å². The Morgan fingerprint density at radius 3 is 2.32 bits per heavy atom. The molecule has 0 radical (unpaired) electrons. The van der Waals surface area contributed by atoms with Crippen molar-refractivity contribution in [3.63, 3.8) is 0 Å². The molecule has 6 heteroatoms. The second-order valence-electron chi connectivity index (χ2n) is 6.80. The monoisotopic (exact) mass is 402 g/mol. The number of aromatic nitrogens is 2. The normalized spacial score (nSPS) is 11.4. The van der Waals surface area contributed by atoms with Crippen LogP contribution in [0.3, 0.4) is 0 Å². The van der Waals surface area contributed by atoms with Crippen LogP contribution >= 0.6 is 11.8 Å². The molecule has 1 heterocycles. The number of ether oxygens (including phenoxy) is 1. The predicted molar refractivity (Wildman–Crippen MR) is 107 cm³/mol. The lowest BCUT2D eigenvalue weighted by molar-refractivity contribution is 0.0989. The van der Waals surface area contributed by atoms with Crippen molar-refractivity contribution in [2.24, 2.45) is 0 Å². The van der Waals surface area contributed by atoms with Gasteiger partial charge in [-0.25, -0.2) is 13.8 Å². The second kappa shape index (κ2) is 9.34. The Kier molecular flexibility index (Phi) is 6.86. The van der Waals surface area contributed by atoms with E-state index in [2.05, 4.69) is 18.4 Å². The first kappa shape index (κ1) is 20.6. The van der Waals surface area contributed by atoms with Crippen molar-refractivity contribution < 1.29 is 13.5 Å². The van der Waals surface area contributed by atoms with E-state index in [1.54, 1.807) is 0 Å². The number of imidazole rings is 1. The van der Waals surface area contributed by atoms with Gasteiger partial charge in [-0.15, -0.1) is 0 Å². The van der Waals surface area contributed by atoms with Gasteiger partial charge in [-0.05, 0) is 30.5 Å². The SMILES string of the molecule is CCn1c(COCc2ccccc2)nc(C(C)C)c1Sc1cc(F)cc(F)c1. The van der Waals surface area contributed by atoms with Crippen molar-refractivity contribution in [2.75, 3.05) is 0 Å². The first-order chi connectivity index (χ1) is 13.5. The van der Waals surface area contributed by atoms with Gasteiger partial charge in [0.15, 0.2) is 0 Å². The number of hydrogen-bond donors (Lipinski definition) is 0. The van der Waals surface area contributed by atoms with Crippen LogP contribution in [0.4, 0.5) is 8.78 Å². The van der Waals surface area contributed by atoms with Gasteiger partial charge in [0.25, 0.3) is 0 Å². The van der Waals surface area contributed by atoms with E-state index in [1.807, 2.05) is 37.3 Å². The van der Waals surface area contributed by atoms with Crippen LogP contribution in [0.1, 0.15) is 43.8 Å². The van der Waals surface area contributed by atoms with E-state index in [0.29, 0.717) is 24.7 Å². The zero-order valence-corrected chi connectivity index (χ0v) is 17.1. The van der Waals surface area contributed by atoms with E-state index < -0.39 is 11.6 Å². The highest BCUT2D eigenvalue weighted by atomic mass is 32.2. The Labute approximate surface area is 168 Å². The van der Waals surface area contributed by atoms with Gasteiger partial charge in [0.05, 0.1) is 12.3 Å². The minimum Gasteiger partial charge on any atom is -0.369 e. The first-order valence-electron chi connectivity index (χ1n) is 9.32. The number of nitrogens with zero attached hydrogens (tertiary/aromatic N) is 2. The highest BCUT2D eigenvalue weighted by Gasteiger charge is 2.20. The molecule has 3 aromatic rings. The minimum absolute atomic E-state index is 0.182. The average molecular weight is 403 g/mol. The predicted octanol–water partition coefficient (Wildman–Crippen LogP) is 6.17. The Morgan fingerprint density at radius 1 is 1.04 bits per heavy atom. The van der Waals surface area contributed by atoms with Crippen LogP contribution < -0.4 is 0 Å². The highest BCUT2D eigenvalue weighted by molar-refractivity contribution is 7.99. The van der Waals surface area contributed by atoms with Crippen LogP contribution in [0, 0.1) is 11.6 Å². The molecule has 0 bridgehead atoms. The minimum atomic E-state index is -0.581. The van der Waals surface area contributed by atoms with Gasteiger partial charge >= 0.3 is 0 Å². The molecule has 0 aliphatic carbocycles. The Morgan fingerprint density at radius 2 is 1.71 bits per heavy atom. The molecule has 0 spiro atoms. The van der Waals surface area contributed by atoms with Gasteiger partial charge in [0, 0.05) is 17.5 Å². The lowest BCUT2D eigenvalue weighted by atomic mass is 10.1. The molecular weight excluding hydrogens is 378 g/mol. The largest absolute Gasteiger partial charge is 0.369 e. The lowest BCUT2D eigenvalue weighted by Gasteiger charge is -2.12. The fourth-order valence-electron chi connectivity index (χ4n) is 2.96. The molecule has 1 aromatic heterocycles. The second-order valence-corrected chi connectivity index (χ2v) is 7.87. The lowest BCUT2D eigenvalue weighted by Crippen LogP contribution is -2.05. The van der Waals surface area contributed by atoms with Gasteiger partial charge < -0.3 is 9.30 Å². The molecule has 0 aliphatic rings. The molecule has 0 atom stereocenters. The van der Waals surface area contributed by atoms with Gasteiger partial charge in [-0.3, -0.25) is 0 Å². The van der Waals surface area contributed by atoms with Crippen LogP contribution in [0.15, 0.2) is 58.5 Å². The summed E-state index contributed by atoms with van der Waals surface area (Å²) in [7, 11) is 0. The van der Waals surface area contributed by atoms with Crippen LogP contribution in [0.5, 0.6) is 0 Å². The Bertz CT molecular complexity index is 906. The third-order valence-electron chi connectivity index (χ3n) is 4.28. The molecule has 0 fully saturated rings. The maximum atomic E-state index is 13.6. The molecule has 2 aromatic carbocycles. The van der Waals surface area contributed by atoms with E-state index in [1.165, 1.54) is 23.9 Å². The maximum Gasteiger partial charge on any atom is 0.136 e. The summed E-state index contributed by atoms with van der Waals surface area (Å²) in [5, 5.41) is 0.904. The average Bonchev–Trinajstić information content (AvgIpc) is 2.99. The molecule has 3 rings (SSSR count). The zero-order valence-electron chi connectivity index (χ0n) is 16.3. The molecule has 148 valence electrons. The van der Waals surface area contributed by atoms with Crippen molar-refractivity contribution in [3.8, 4) is 0 Å². The third-order valence-corrected chi connectivity index (χ3v) is 5.38. The van der Waals surface area contributed by atoms with E-state index in [9.17, 15) is 8.78 Å². The van der Waals surface area contributed by atoms with Crippen molar-refractivity contribution in [2.45, 2.75) is 56.4 Å².